The minimum Gasteiger partial charge on any atom is -0.492 e. The first-order chi connectivity index (χ1) is 10.8. The van der Waals surface area contributed by atoms with E-state index in [9.17, 15) is 8.42 Å². The van der Waals surface area contributed by atoms with Crippen molar-refractivity contribution >= 4 is 31.6 Å². The second kappa shape index (κ2) is 7.33. The van der Waals surface area contributed by atoms with Gasteiger partial charge >= 0.3 is 0 Å². The molecule has 23 heavy (non-hydrogen) atoms. The molecule has 0 saturated heterocycles. The van der Waals surface area contributed by atoms with Crippen LogP contribution in [0.15, 0.2) is 45.8 Å². The highest BCUT2D eigenvalue weighted by atomic mass is 79.9. The van der Waals surface area contributed by atoms with Crippen molar-refractivity contribution in [2.45, 2.75) is 18.7 Å². The molecule has 2 rings (SSSR count). The average Bonchev–Trinajstić information content (AvgIpc) is 2.45. The lowest BCUT2D eigenvalue weighted by atomic mass is 10.1. The minimum atomic E-state index is -3.55. The Bertz CT molecular complexity index is 766. The molecule has 0 aromatic heterocycles. The van der Waals surface area contributed by atoms with Gasteiger partial charge in [-0.15, -0.1) is 0 Å². The van der Waals surface area contributed by atoms with Crippen LogP contribution in [0.1, 0.15) is 11.1 Å². The number of rotatable bonds is 6. The lowest BCUT2D eigenvalue weighted by Gasteiger charge is -2.13. The molecule has 124 valence electrons. The lowest BCUT2D eigenvalue weighted by Crippen LogP contribution is -2.28. The van der Waals surface area contributed by atoms with Crippen LogP contribution in [0.5, 0.6) is 5.75 Å². The fourth-order valence-electron chi connectivity index (χ4n) is 2.18. The van der Waals surface area contributed by atoms with Gasteiger partial charge in [0.1, 0.15) is 12.4 Å². The van der Waals surface area contributed by atoms with Gasteiger partial charge in [0.15, 0.2) is 0 Å². The van der Waals surface area contributed by atoms with Gasteiger partial charge in [-0.05, 0) is 61.4 Å². The largest absolute Gasteiger partial charge is 0.492 e. The summed E-state index contributed by atoms with van der Waals surface area (Å²) in [4.78, 5) is 0.183. The summed E-state index contributed by atoms with van der Waals surface area (Å²) in [5.41, 5.74) is 8.07. The van der Waals surface area contributed by atoms with Crippen molar-refractivity contribution in [1.29, 1.82) is 0 Å². The molecule has 3 N–H and O–H groups in total. The van der Waals surface area contributed by atoms with E-state index in [-0.39, 0.29) is 18.0 Å². The molecule has 7 heteroatoms. The van der Waals surface area contributed by atoms with Crippen LogP contribution in [-0.4, -0.2) is 21.6 Å². The van der Waals surface area contributed by atoms with E-state index in [1.807, 2.05) is 26.0 Å². The smallest absolute Gasteiger partial charge is 0.240 e. The Morgan fingerprint density at radius 1 is 1.13 bits per heavy atom. The van der Waals surface area contributed by atoms with Crippen LogP contribution >= 0.6 is 15.9 Å². The van der Waals surface area contributed by atoms with Gasteiger partial charge in [0.05, 0.1) is 4.90 Å². The third-order valence-electron chi connectivity index (χ3n) is 3.26. The number of sulfonamides is 1. The Labute approximate surface area is 145 Å². The predicted octanol–water partition coefficient (Wildman–Crippen LogP) is 3.01. The number of nitrogen functional groups attached to an aromatic ring is 1. The van der Waals surface area contributed by atoms with Gasteiger partial charge in [0.2, 0.25) is 10.0 Å². The number of benzene rings is 2. The molecule has 0 heterocycles. The van der Waals surface area contributed by atoms with E-state index in [1.165, 1.54) is 12.1 Å². The fraction of sp³-hybridized carbons (Fsp3) is 0.250. The SMILES string of the molecule is Cc1cc(Br)cc(C)c1OCCNS(=O)(=O)c1ccc(N)cc1. The summed E-state index contributed by atoms with van der Waals surface area (Å²) in [6.07, 6.45) is 0. The van der Waals surface area contributed by atoms with Crippen LogP contribution in [0.25, 0.3) is 0 Å². The molecular formula is C16H19BrN2O3S. The maximum atomic E-state index is 12.1. The van der Waals surface area contributed by atoms with Crippen LogP contribution < -0.4 is 15.2 Å². The molecule has 0 aliphatic heterocycles. The van der Waals surface area contributed by atoms with Crippen molar-refractivity contribution in [3.05, 3.63) is 52.0 Å². The van der Waals surface area contributed by atoms with Crippen LogP contribution in [0, 0.1) is 13.8 Å². The molecule has 0 aliphatic carbocycles. The number of nitrogens with one attached hydrogen (secondary N) is 1. The molecule has 0 amide bonds. The van der Waals surface area contributed by atoms with E-state index in [2.05, 4.69) is 20.7 Å². The zero-order chi connectivity index (χ0) is 17.0. The minimum absolute atomic E-state index is 0.182. The number of hydrogen-bond acceptors (Lipinski definition) is 4. The van der Waals surface area contributed by atoms with E-state index in [0.29, 0.717) is 5.69 Å². The molecule has 2 aromatic rings. The van der Waals surface area contributed by atoms with Crippen LogP contribution in [0.3, 0.4) is 0 Å². The van der Waals surface area contributed by atoms with Crippen molar-refractivity contribution in [3.63, 3.8) is 0 Å². The standard InChI is InChI=1S/C16H19BrN2O3S/c1-11-9-13(17)10-12(2)16(11)22-8-7-19-23(20,21)15-5-3-14(18)4-6-15/h3-6,9-10,19H,7-8,18H2,1-2H3. The molecule has 0 aliphatic rings. The average molecular weight is 399 g/mol. The van der Waals surface area contributed by atoms with E-state index >= 15 is 0 Å². The lowest BCUT2D eigenvalue weighted by molar-refractivity contribution is 0.318. The summed E-state index contributed by atoms with van der Waals surface area (Å²) >= 11 is 3.43. The molecule has 2 aromatic carbocycles. The Balaban J connectivity index is 1.94. The molecule has 0 saturated carbocycles. The van der Waals surface area contributed by atoms with Crippen molar-refractivity contribution in [1.82, 2.24) is 4.72 Å². The monoisotopic (exact) mass is 398 g/mol. The van der Waals surface area contributed by atoms with E-state index in [1.54, 1.807) is 12.1 Å². The normalized spacial score (nSPS) is 11.4. The summed E-state index contributed by atoms with van der Waals surface area (Å²) in [7, 11) is -3.55. The topological polar surface area (TPSA) is 81.4 Å². The van der Waals surface area contributed by atoms with E-state index in [0.717, 1.165) is 21.3 Å². The van der Waals surface area contributed by atoms with E-state index in [4.69, 9.17) is 10.5 Å². The quantitative estimate of drug-likeness (QED) is 0.578. The Morgan fingerprint density at radius 2 is 1.70 bits per heavy atom. The highest BCUT2D eigenvalue weighted by molar-refractivity contribution is 9.10. The molecule has 0 spiro atoms. The van der Waals surface area contributed by atoms with Crippen LogP contribution in [-0.2, 0) is 10.0 Å². The fourth-order valence-corrected chi connectivity index (χ4v) is 3.88. The molecule has 0 atom stereocenters. The van der Waals surface area contributed by atoms with Crippen molar-refractivity contribution in [3.8, 4) is 5.75 Å². The van der Waals surface area contributed by atoms with Crippen molar-refractivity contribution < 1.29 is 13.2 Å². The van der Waals surface area contributed by atoms with Gasteiger partial charge in [0.25, 0.3) is 0 Å². The number of halogens is 1. The zero-order valence-corrected chi connectivity index (χ0v) is 15.4. The molecule has 0 bridgehead atoms. The number of aryl methyl sites for hydroxylation is 2. The van der Waals surface area contributed by atoms with E-state index < -0.39 is 10.0 Å². The van der Waals surface area contributed by atoms with Crippen molar-refractivity contribution in [2.75, 3.05) is 18.9 Å². The highest BCUT2D eigenvalue weighted by Gasteiger charge is 2.13. The Morgan fingerprint density at radius 3 is 2.26 bits per heavy atom. The summed E-state index contributed by atoms with van der Waals surface area (Å²) < 4.78 is 33.4. The Hall–Kier alpha value is -1.57. The number of anilines is 1. The van der Waals surface area contributed by atoms with Gasteiger partial charge in [0, 0.05) is 16.7 Å². The van der Waals surface area contributed by atoms with Crippen LogP contribution in [0.4, 0.5) is 5.69 Å². The maximum Gasteiger partial charge on any atom is 0.240 e. The summed E-state index contributed by atoms with van der Waals surface area (Å²) in [5, 5.41) is 0. The molecule has 5 nitrogen and oxygen atoms in total. The van der Waals surface area contributed by atoms with Crippen molar-refractivity contribution in [2.24, 2.45) is 0 Å². The summed E-state index contributed by atoms with van der Waals surface area (Å²) in [6.45, 7) is 4.33. The maximum absolute atomic E-state index is 12.1. The molecule has 0 fully saturated rings. The number of nitrogens with two attached hydrogens (primary N) is 1. The molecule has 0 unspecified atom stereocenters. The van der Waals surface area contributed by atoms with Gasteiger partial charge < -0.3 is 10.5 Å². The first-order valence-electron chi connectivity index (χ1n) is 7.04. The summed E-state index contributed by atoms with van der Waals surface area (Å²) in [5.74, 6) is 0.778. The van der Waals surface area contributed by atoms with Gasteiger partial charge in [-0.25, -0.2) is 13.1 Å². The number of ether oxygens (including phenoxy) is 1. The van der Waals surface area contributed by atoms with Gasteiger partial charge in [-0.2, -0.15) is 0 Å². The molecule has 0 radical (unpaired) electrons. The Kier molecular flexibility index (Phi) is 5.67. The number of hydrogen-bond donors (Lipinski definition) is 2. The second-order valence-corrected chi connectivity index (χ2v) is 7.87. The van der Waals surface area contributed by atoms with Crippen LogP contribution in [0.2, 0.25) is 0 Å². The van der Waals surface area contributed by atoms with Gasteiger partial charge in [-0.3, -0.25) is 0 Å². The second-order valence-electron chi connectivity index (χ2n) is 5.18. The zero-order valence-electron chi connectivity index (χ0n) is 13.0. The first-order valence-corrected chi connectivity index (χ1v) is 9.32. The highest BCUT2D eigenvalue weighted by Crippen LogP contribution is 2.27. The third-order valence-corrected chi connectivity index (χ3v) is 5.19. The first kappa shape index (κ1) is 17.8. The van der Waals surface area contributed by atoms with Gasteiger partial charge in [-0.1, -0.05) is 15.9 Å². The molecular weight excluding hydrogens is 380 g/mol. The predicted molar refractivity (Wildman–Crippen MR) is 95.2 cm³/mol. The third kappa shape index (κ3) is 4.70. The summed E-state index contributed by atoms with van der Waals surface area (Å²) in [6, 6.07) is 9.98.